The molecule has 0 aromatic rings. The molecule has 0 bridgehead atoms. The van der Waals surface area contributed by atoms with E-state index in [4.69, 9.17) is 15.3 Å². The van der Waals surface area contributed by atoms with Crippen molar-refractivity contribution in [2.24, 2.45) is 0 Å². The van der Waals surface area contributed by atoms with Gasteiger partial charge in [0, 0.05) is 0 Å². The molecule has 1 rings (SSSR count). The van der Waals surface area contributed by atoms with Gasteiger partial charge in [0.05, 0.1) is 0 Å². The Morgan fingerprint density at radius 1 is 1.05 bits per heavy atom. The zero-order valence-corrected chi connectivity index (χ0v) is 13.2. The molecule has 2 unspecified atom stereocenters. The number of hydrogen-bond donors (Lipinski definition) is 6. The Balaban J connectivity index is 0.000000388. The molecule has 116 valence electrons. The van der Waals surface area contributed by atoms with E-state index in [-0.39, 0.29) is 13.5 Å². The van der Waals surface area contributed by atoms with Crippen LogP contribution in [0.25, 0.3) is 0 Å². The Morgan fingerprint density at radius 3 is 1.70 bits per heavy atom. The summed E-state index contributed by atoms with van der Waals surface area (Å²) in [4.78, 5) is 30.4. The van der Waals surface area contributed by atoms with Gasteiger partial charge in [0.25, 0.3) is 0 Å². The molecule has 1 saturated heterocycles. The summed E-state index contributed by atoms with van der Waals surface area (Å²) < 4.78 is -0.632. The average molecular weight is 363 g/mol. The van der Waals surface area contributed by atoms with Crippen LogP contribution >= 0.6 is 22.0 Å². The minimum absolute atomic E-state index is 0.269. The maximum atomic E-state index is 10.1. The fourth-order valence-electron chi connectivity index (χ4n) is 1.04. The highest BCUT2D eigenvalue weighted by Crippen LogP contribution is 2.03. The number of carboxylic acids is 1. The number of hydrogen-bond acceptors (Lipinski definition) is 8. The molecule has 1 fully saturated rings. The van der Waals surface area contributed by atoms with Gasteiger partial charge in [-0.15, -0.1) is 0 Å². The summed E-state index contributed by atoms with van der Waals surface area (Å²) in [5.74, 6) is -0.720. The lowest BCUT2D eigenvalue weighted by atomic mass is 10.2. The van der Waals surface area contributed by atoms with Crippen molar-refractivity contribution in [2.45, 2.75) is 18.9 Å². The van der Waals surface area contributed by atoms with Crippen LogP contribution in [-0.4, -0.2) is 46.1 Å². The van der Waals surface area contributed by atoms with Gasteiger partial charge in [0.2, 0.25) is 0 Å². The summed E-state index contributed by atoms with van der Waals surface area (Å²) in [6, 6.07) is -0.269. The van der Waals surface area contributed by atoms with E-state index in [1.807, 2.05) is 0 Å². The molecule has 13 heteroatoms. The summed E-state index contributed by atoms with van der Waals surface area (Å²) in [6.07, 6.45) is -0.724. The monoisotopic (exact) mass is 363 g/mol. The molecule has 0 aromatic heterocycles. The fourth-order valence-corrected chi connectivity index (χ4v) is 2.83. The molecule has 1 aliphatic rings. The minimum atomic E-state index is -1.25. The van der Waals surface area contributed by atoms with Crippen LogP contribution in [0.3, 0.4) is 0 Å². The topological polar surface area (TPSA) is 133 Å². The van der Waals surface area contributed by atoms with Crippen LogP contribution in [-0.2, 0) is 30.4 Å². The highest BCUT2D eigenvalue weighted by atomic mass is 33.1. The van der Waals surface area contributed by atoms with E-state index >= 15 is 0 Å². The lowest BCUT2D eigenvalue weighted by molar-refractivity contribution is -0.506. The second-order valence-electron chi connectivity index (χ2n) is 3.34. The van der Waals surface area contributed by atoms with Crippen LogP contribution < -0.4 is 12.7 Å². The number of quaternary nitrogens is 2. The van der Waals surface area contributed by atoms with E-state index in [0.29, 0.717) is 22.0 Å². The van der Waals surface area contributed by atoms with Gasteiger partial charge in [0.1, 0.15) is 6.04 Å². The Bertz CT molecular complexity index is 333. The molecule has 20 heavy (non-hydrogen) atoms. The quantitative estimate of drug-likeness (QED) is 0.189. The zero-order valence-electron chi connectivity index (χ0n) is 9.90. The SMILES string of the molecule is O=C(O)[C@@H]1CCCN1.O=C(O)[NH+]([S-])SS[NH+]([S-])C(=O)O. The van der Waals surface area contributed by atoms with Crippen LogP contribution in [0.15, 0.2) is 0 Å². The minimum Gasteiger partial charge on any atom is -0.480 e. The van der Waals surface area contributed by atoms with Crippen LogP contribution in [0.5, 0.6) is 0 Å². The first-order valence-electron chi connectivity index (χ1n) is 5.11. The van der Waals surface area contributed by atoms with Crippen molar-refractivity contribution in [3.63, 3.8) is 0 Å². The third-order valence-corrected chi connectivity index (χ3v) is 5.37. The maximum Gasteiger partial charge on any atom is 0.506 e. The van der Waals surface area contributed by atoms with Crippen molar-refractivity contribution < 1.29 is 37.1 Å². The molecule has 0 radical (unpaired) electrons. The first-order valence-corrected chi connectivity index (χ1v) is 8.07. The van der Waals surface area contributed by atoms with E-state index in [1.165, 1.54) is 0 Å². The summed E-state index contributed by atoms with van der Waals surface area (Å²) in [5, 5.41) is 27.7. The number of rotatable bonds is 4. The Morgan fingerprint density at radius 2 is 1.50 bits per heavy atom. The van der Waals surface area contributed by atoms with Gasteiger partial charge in [-0.3, -0.25) is 12.2 Å². The Labute approximate surface area is 133 Å². The second kappa shape index (κ2) is 10.4. The largest absolute Gasteiger partial charge is 0.506 e. The van der Waals surface area contributed by atoms with Crippen LogP contribution in [0.4, 0.5) is 9.59 Å². The van der Waals surface area contributed by atoms with Crippen molar-refractivity contribution in [1.29, 1.82) is 0 Å². The van der Waals surface area contributed by atoms with Crippen molar-refractivity contribution in [2.75, 3.05) is 6.54 Å². The van der Waals surface area contributed by atoms with Crippen molar-refractivity contribution >= 4 is 65.7 Å². The van der Waals surface area contributed by atoms with E-state index in [9.17, 15) is 14.4 Å². The van der Waals surface area contributed by atoms with Crippen molar-refractivity contribution in [3.05, 3.63) is 0 Å². The first-order chi connectivity index (χ1) is 9.25. The molecule has 6 N–H and O–H groups in total. The van der Waals surface area contributed by atoms with Crippen LogP contribution in [0.1, 0.15) is 12.8 Å². The number of amides is 2. The molecular formula is C7H13N3O6S4. The molecule has 0 saturated carbocycles. The smallest absolute Gasteiger partial charge is 0.480 e. The fraction of sp³-hybridized carbons (Fsp3) is 0.571. The van der Waals surface area contributed by atoms with Gasteiger partial charge in [-0.25, -0.2) is 0 Å². The molecule has 1 aliphatic heterocycles. The van der Waals surface area contributed by atoms with Gasteiger partial charge >= 0.3 is 18.2 Å². The standard InChI is InChI=1S/C5H9NO2.C2H4N2O4S4/c7-5(8)4-2-1-3-6-4;5-1(6)3(9)11-12-4(10)2(7)8/h4,6H,1-3H2,(H,7,8);3-4H,(H,5,6)(H,7,8)/t4-;/m0./s1. The molecule has 9 nitrogen and oxygen atoms in total. The average Bonchev–Trinajstić information content (AvgIpc) is 2.89. The summed E-state index contributed by atoms with van der Waals surface area (Å²) in [5.41, 5.74) is 0. The predicted octanol–water partition coefficient (Wildman–Crippen LogP) is -1.93. The maximum absolute atomic E-state index is 10.1. The van der Waals surface area contributed by atoms with Gasteiger partial charge in [-0.2, -0.15) is 9.59 Å². The predicted molar refractivity (Wildman–Crippen MR) is 76.5 cm³/mol. The van der Waals surface area contributed by atoms with Crippen LogP contribution in [0.2, 0.25) is 0 Å². The normalized spacial score (nSPS) is 20.4. The molecule has 0 aromatic carbocycles. The van der Waals surface area contributed by atoms with Gasteiger partial charge in [-0.1, -0.05) is 0 Å². The van der Waals surface area contributed by atoms with E-state index in [2.05, 4.69) is 30.9 Å². The first kappa shape index (κ1) is 19.7. The number of carbonyl (C=O) groups is 3. The van der Waals surface area contributed by atoms with Gasteiger partial charge in [0.15, 0.2) is 22.0 Å². The number of aliphatic carboxylic acids is 1. The van der Waals surface area contributed by atoms with Gasteiger partial charge < -0.3 is 46.3 Å². The third-order valence-electron chi connectivity index (χ3n) is 1.90. The van der Waals surface area contributed by atoms with Crippen LogP contribution in [0, 0.1) is 0 Å². The summed E-state index contributed by atoms with van der Waals surface area (Å²) >= 11 is 8.75. The van der Waals surface area contributed by atoms with Gasteiger partial charge in [-0.05, 0) is 19.4 Å². The Hall–Kier alpha value is -0.310. The second-order valence-corrected chi connectivity index (χ2v) is 6.82. The molecule has 0 aliphatic carbocycles. The molecule has 3 atom stereocenters. The highest BCUT2D eigenvalue weighted by Gasteiger charge is 2.20. The van der Waals surface area contributed by atoms with Crippen molar-refractivity contribution in [1.82, 2.24) is 5.32 Å². The summed E-state index contributed by atoms with van der Waals surface area (Å²) in [7, 11) is 1.29. The lowest BCUT2D eigenvalue weighted by Crippen LogP contribution is -3.08. The molecular weight excluding hydrogens is 350 g/mol. The highest BCUT2D eigenvalue weighted by molar-refractivity contribution is 8.72. The van der Waals surface area contributed by atoms with E-state index in [0.717, 1.165) is 19.4 Å². The van der Waals surface area contributed by atoms with Crippen molar-refractivity contribution in [3.8, 4) is 0 Å². The molecule has 0 spiro atoms. The third kappa shape index (κ3) is 8.78. The van der Waals surface area contributed by atoms with E-state index in [1.54, 1.807) is 0 Å². The van der Waals surface area contributed by atoms with E-state index < -0.39 is 18.2 Å². The molecule has 2 amide bonds. The molecule has 1 heterocycles. The number of nitrogens with one attached hydrogen (secondary N) is 3. The summed E-state index contributed by atoms with van der Waals surface area (Å²) in [6.45, 7) is 0.858. The zero-order chi connectivity index (χ0) is 15.7. The number of carboxylic acid groups (broad SMARTS) is 3. The lowest BCUT2D eigenvalue weighted by Gasteiger charge is -2.15. The Kier molecular flexibility index (Phi) is 10.3.